The molecule has 0 aliphatic heterocycles. The number of halogens is 3. The third-order valence-electron chi connectivity index (χ3n) is 3.83. The molecule has 0 saturated carbocycles. The second-order valence-corrected chi connectivity index (χ2v) is 7.70. The fourth-order valence-corrected chi connectivity index (χ4v) is 4.90. The lowest BCUT2D eigenvalue weighted by Crippen LogP contribution is -2.13. The highest BCUT2D eigenvalue weighted by molar-refractivity contribution is 7.21. The third-order valence-corrected chi connectivity index (χ3v) is 5.98. The lowest BCUT2D eigenvalue weighted by Gasteiger charge is -2.12. The Morgan fingerprint density at radius 1 is 1.21 bits per heavy atom. The lowest BCUT2D eigenvalue weighted by molar-refractivity contribution is 0.103. The molecular weight excluding hydrogens is 385 g/mol. The van der Waals surface area contributed by atoms with Crippen LogP contribution in [0.15, 0.2) is 30.3 Å². The number of aryl methyl sites for hydroxylation is 2. The van der Waals surface area contributed by atoms with E-state index < -0.39 is 0 Å². The van der Waals surface area contributed by atoms with Crippen LogP contribution in [0.4, 0.5) is 5.69 Å². The fourth-order valence-electron chi connectivity index (χ4n) is 2.63. The topological polar surface area (TPSA) is 29.1 Å². The minimum absolute atomic E-state index is 0.239. The van der Waals surface area contributed by atoms with Crippen LogP contribution in [0, 0.1) is 6.92 Å². The molecule has 0 aliphatic rings. The minimum Gasteiger partial charge on any atom is -0.321 e. The van der Waals surface area contributed by atoms with Crippen LogP contribution < -0.4 is 5.32 Å². The van der Waals surface area contributed by atoms with Gasteiger partial charge in [-0.25, -0.2) is 0 Å². The first-order valence-electron chi connectivity index (χ1n) is 7.39. The molecule has 0 atom stereocenters. The fraction of sp³-hybridized carbons (Fsp3) is 0.167. The van der Waals surface area contributed by atoms with Gasteiger partial charge in [-0.15, -0.1) is 11.3 Å². The molecule has 0 aliphatic carbocycles. The van der Waals surface area contributed by atoms with E-state index in [2.05, 4.69) is 12.2 Å². The zero-order chi connectivity index (χ0) is 17.4. The Hall–Kier alpha value is -1.26. The summed E-state index contributed by atoms with van der Waals surface area (Å²) in [6.07, 6.45) is 0.832. The van der Waals surface area contributed by atoms with E-state index in [1.807, 2.05) is 25.1 Å². The van der Waals surface area contributed by atoms with Crippen molar-refractivity contribution in [3.63, 3.8) is 0 Å². The number of hydrogen-bond acceptors (Lipinski definition) is 2. The number of anilines is 1. The summed E-state index contributed by atoms with van der Waals surface area (Å²) < 4.78 is 0.795. The lowest BCUT2D eigenvalue weighted by atomic mass is 10.1. The van der Waals surface area contributed by atoms with E-state index in [4.69, 9.17) is 34.8 Å². The smallest absolute Gasteiger partial charge is 0.267 e. The molecule has 0 fully saturated rings. The first kappa shape index (κ1) is 17.6. The number of hydrogen-bond donors (Lipinski definition) is 1. The highest BCUT2D eigenvalue weighted by atomic mass is 35.5. The summed E-state index contributed by atoms with van der Waals surface area (Å²) in [6, 6.07) is 9.35. The average Bonchev–Trinajstić information content (AvgIpc) is 2.86. The van der Waals surface area contributed by atoms with E-state index in [1.54, 1.807) is 12.1 Å². The van der Waals surface area contributed by atoms with Gasteiger partial charge >= 0.3 is 0 Å². The zero-order valence-corrected chi connectivity index (χ0v) is 16.1. The standard InChI is InChI=1S/C18H14Cl3NOS/c1-3-10-6-4-5-9(2)16(10)22-18(23)17-15(21)14-12(20)7-11(19)8-13(14)24-17/h4-8H,3H2,1-2H3,(H,22,23). The predicted molar refractivity (Wildman–Crippen MR) is 105 cm³/mol. The van der Waals surface area contributed by atoms with Gasteiger partial charge in [0.05, 0.1) is 10.0 Å². The van der Waals surface area contributed by atoms with Crippen molar-refractivity contribution in [2.45, 2.75) is 20.3 Å². The Balaban J connectivity index is 2.04. The van der Waals surface area contributed by atoms with Gasteiger partial charge in [-0.2, -0.15) is 0 Å². The monoisotopic (exact) mass is 397 g/mol. The summed E-state index contributed by atoms with van der Waals surface area (Å²) in [7, 11) is 0. The van der Waals surface area contributed by atoms with E-state index in [0.717, 1.165) is 27.9 Å². The van der Waals surface area contributed by atoms with Crippen molar-refractivity contribution < 1.29 is 4.79 Å². The van der Waals surface area contributed by atoms with Crippen molar-refractivity contribution in [2.75, 3.05) is 5.32 Å². The molecule has 0 unspecified atom stereocenters. The number of carbonyl (C=O) groups excluding carboxylic acids is 1. The molecule has 2 aromatic carbocycles. The summed E-state index contributed by atoms with van der Waals surface area (Å²) in [5.41, 5.74) is 2.94. The molecule has 0 radical (unpaired) electrons. The van der Waals surface area contributed by atoms with Gasteiger partial charge in [0.25, 0.3) is 5.91 Å². The maximum Gasteiger partial charge on any atom is 0.267 e. The molecule has 1 amide bonds. The highest BCUT2D eigenvalue weighted by Gasteiger charge is 2.20. The van der Waals surface area contributed by atoms with Crippen LogP contribution in [0.25, 0.3) is 10.1 Å². The minimum atomic E-state index is -0.239. The number of thiophene rings is 1. The molecule has 1 aromatic heterocycles. The summed E-state index contributed by atoms with van der Waals surface area (Å²) in [6.45, 7) is 4.02. The van der Waals surface area contributed by atoms with E-state index in [-0.39, 0.29) is 5.91 Å². The maximum atomic E-state index is 12.8. The molecular formula is C18H14Cl3NOS. The van der Waals surface area contributed by atoms with Gasteiger partial charge < -0.3 is 5.32 Å². The van der Waals surface area contributed by atoms with Crippen molar-refractivity contribution in [1.82, 2.24) is 0 Å². The number of para-hydroxylation sites is 1. The first-order valence-corrected chi connectivity index (χ1v) is 9.34. The van der Waals surface area contributed by atoms with Crippen molar-refractivity contribution in [3.8, 4) is 0 Å². The normalized spacial score (nSPS) is 11.0. The van der Waals surface area contributed by atoms with Crippen LogP contribution in [-0.4, -0.2) is 5.91 Å². The van der Waals surface area contributed by atoms with Gasteiger partial charge in [-0.1, -0.05) is 59.9 Å². The molecule has 0 spiro atoms. The Labute approximate surface area is 159 Å². The van der Waals surface area contributed by atoms with Gasteiger partial charge in [0.1, 0.15) is 4.88 Å². The van der Waals surface area contributed by atoms with Crippen LogP contribution in [0.3, 0.4) is 0 Å². The van der Waals surface area contributed by atoms with Gasteiger partial charge in [-0.05, 0) is 36.6 Å². The average molecular weight is 399 g/mol. The number of fused-ring (bicyclic) bond motifs is 1. The third kappa shape index (κ3) is 3.14. The molecule has 6 heteroatoms. The summed E-state index contributed by atoms with van der Waals surface area (Å²) >= 11 is 20.0. The van der Waals surface area contributed by atoms with E-state index in [9.17, 15) is 4.79 Å². The molecule has 3 rings (SSSR count). The van der Waals surface area contributed by atoms with Gasteiger partial charge in [0.15, 0.2) is 0 Å². The second kappa shape index (κ2) is 6.93. The van der Waals surface area contributed by atoms with Crippen LogP contribution in [0.1, 0.15) is 27.7 Å². The molecule has 24 heavy (non-hydrogen) atoms. The quantitative estimate of drug-likeness (QED) is 0.506. The zero-order valence-electron chi connectivity index (χ0n) is 13.0. The largest absolute Gasteiger partial charge is 0.321 e. The Morgan fingerprint density at radius 3 is 2.67 bits per heavy atom. The van der Waals surface area contributed by atoms with E-state index in [0.29, 0.717) is 25.3 Å². The number of rotatable bonds is 3. The molecule has 0 saturated heterocycles. The second-order valence-electron chi connectivity index (χ2n) is 5.42. The van der Waals surface area contributed by atoms with Crippen molar-refractivity contribution in [1.29, 1.82) is 0 Å². The molecule has 1 heterocycles. The molecule has 3 aromatic rings. The number of carbonyl (C=O) groups is 1. The molecule has 2 nitrogen and oxygen atoms in total. The van der Waals surface area contributed by atoms with Gasteiger partial charge in [0, 0.05) is 20.8 Å². The first-order chi connectivity index (χ1) is 11.4. The summed E-state index contributed by atoms with van der Waals surface area (Å²) in [4.78, 5) is 13.2. The molecule has 1 N–H and O–H groups in total. The Kier molecular flexibility index (Phi) is 5.07. The van der Waals surface area contributed by atoms with Crippen molar-refractivity contribution in [2.24, 2.45) is 0 Å². The van der Waals surface area contributed by atoms with E-state index in [1.165, 1.54) is 11.3 Å². The maximum absolute atomic E-state index is 12.8. The van der Waals surface area contributed by atoms with Crippen molar-refractivity contribution in [3.05, 3.63) is 61.4 Å². The van der Waals surface area contributed by atoms with Crippen LogP contribution in [0.5, 0.6) is 0 Å². The SMILES string of the molecule is CCc1cccc(C)c1NC(=O)c1sc2cc(Cl)cc(Cl)c2c1Cl. The van der Waals surface area contributed by atoms with Gasteiger partial charge in [-0.3, -0.25) is 4.79 Å². The number of nitrogens with one attached hydrogen (secondary N) is 1. The summed E-state index contributed by atoms with van der Waals surface area (Å²) in [5, 5.41) is 4.99. The number of benzene rings is 2. The van der Waals surface area contributed by atoms with Crippen molar-refractivity contribution >= 4 is 67.8 Å². The van der Waals surface area contributed by atoms with Crippen LogP contribution in [-0.2, 0) is 6.42 Å². The van der Waals surface area contributed by atoms with Gasteiger partial charge in [0.2, 0.25) is 0 Å². The number of amides is 1. The predicted octanol–water partition coefficient (Wildman–Crippen LogP) is 6.98. The highest BCUT2D eigenvalue weighted by Crippen LogP contribution is 2.41. The Bertz CT molecular complexity index is 949. The van der Waals surface area contributed by atoms with Crippen LogP contribution in [0.2, 0.25) is 15.1 Å². The van der Waals surface area contributed by atoms with Crippen LogP contribution >= 0.6 is 46.1 Å². The Morgan fingerprint density at radius 2 is 1.96 bits per heavy atom. The van der Waals surface area contributed by atoms with E-state index >= 15 is 0 Å². The summed E-state index contributed by atoms with van der Waals surface area (Å²) in [5.74, 6) is -0.239. The molecule has 124 valence electrons. The molecule has 0 bridgehead atoms.